The van der Waals surface area contributed by atoms with E-state index in [-0.39, 0.29) is 11.7 Å². The molecule has 1 aromatic carbocycles. The van der Waals surface area contributed by atoms with E-state index in [1.807, 2.05) is 6.07 Å². The summed E-state index contributed by atoms with van der Waals surface area (Å²) in [4.78, 5) is 0.338. The maximum Gasteiger partial charge on any atom is 0.178 e. The van der Waals surface area contributed by atoms with Gasteiger partial charge in [-0.05, 0) is 43.1 Å². The fourth-order valence-corrected chi connectivity index (χ4v) is 5.70. The third kappa shape index (κ3) is 2.42. The van der Waals surface area contributed by atoms with Crippen LogP contribution in [0.15, 0.2) is 29.2 Å². The standard InChI is InChI=1S/C17H24O3S/c1-12-7-8-14(11-13(12)2)17(18)9-10-21(19,20)16-6-4-3-5-15(16)17/h3-6,12-14,18H,7-11H2,1-2H3. The maximum atomic E-state index is 12.2. The largest absolute Gasteiger partial charge is 0.385 e. The number of benzene rings is 1. The summed E-state index contributed by atoms with van der Waals surface area (Å²) in [6, 6.07) is 7.02. The van der Waals surface area contributed by atoms with Gasteiger partial charge in [0.2, 0.25) is 0 Å². The van der Waals surface area contributed by atoms with E-state index < -0.39 is 15.4 Å². The molecule has 1 N–H and O–H groups in total. The van der Waals surface area contributed by atoms with Crippen molar-refractivity contribution in [2.75, 3.05) is 5.75 Å². The topological polar surface area (TPSA) is 54.4 Å². The van der Waals surface area contributed by atoms with Gasteiger partial charge in [0.05, 0.1) is 16.2 Å². The summed E-state index contributed by atoms with van der Waals surface area (Å²) in [7, 11) is -3.24. The summed E-state index contributed by atoms with van der Waals surface area (Å²) in [5.74, 6) is 1.49. The second kappa shape index (κ2) is 5.10. The van der Waals surface area contributed by atoms with Crippen LogP contribution in [0, 0.1) is 17.8 Å². The zero-order chi connectivity index (χ0) is 15.3. The number of hydrogen-bond donors (Lipinski definition) is 1. The molecular weight excluding hydrogens is 284 g/mol. The summed E-state index contributed by atoms with van der Waals surface area (Å²) in [6.07, 6.45) is 3.41. The Bertz CT molecular complexity index is 637. The Morgan fingerprint density at radius 1 is 1.14 bits per heavy atom. The predicted octanol–water partition coefficient (Wildman–Crippen LogP) is 3.12. The molecular formula is C17H24O3S. The number of rotatable bonds is 1. The molecule has 3 rings (SSSR count). The molecule has 0 radical (unpaired) electrons. The van der Waals surface area contributed by atoms with Gasteiger partial charge in [0.1, 0.15) is 0 Å². The van der Waals surface area contributed by atoms with Crippen LogP contribution in [0.1, 0.15) is 45.1 Å². The van der Waals surface area contributed by atoms with E-state index in [2.05, 4.69) is 13.8 Å². The van der Waals surface area contributed by atoms with Gasteiger partial charge in [0.15, 0.2) is 9.84 Å². The number of hydrogen-bond acceptors (Lipinski definition) is 3. The Labute approximate surface area is 127 Å². The van der Waals surface area contributed by atoms with Crippen LogP contribution in [-0.2, 0) is 15.4 Å². The first-order chi connectivity index (χ1) is 9.84. The Balaban J connectivity index is 2.02. The molecule has 0 bridgehead atoms. The highest BCUT2D eigenvalue weighted by Gasteiger charge is 2.47. The Hall–Kier alpha value is -0.870. The lowest BCUT2D eigenvalue weighted by Gasteiger charge is -2.45. The molecule has 1 aromatic rings. The van der Waals surface area contributed by atoms with Crippen LogP contribution >= 0.6 is 0 Å². The smallest absolute Gasteiger partial charge is 0.178 e. The van der Waals surface area contributed by atoms with Crippen LogP contribution in [0.4, 0.5) is 0 Å². The fourth-order valence-electron chi connectivity index (χ4n) is 4.04. The molecule has 1 fully saturated rings. The quantitative estimate of drug-likeness (QED) is 0.867. The number of aliphatic hydroxyl groups is 1. The predicted molar refractivity (Wildman–Crippen MR) is 82.7 cm³/mol. The van der Waals surface area contributed by atoms with Crippen LogP contribution in [0.25, 0.3) is 0 Å². The first kappa shape index (κ1) is 15.0. The average Bonchev–Trinajstić information content (AvgIpc) is 2.47. The Morgan fingerprint density at radius 3 is 2.57 bits per heavy atom. The fraction of sp³-hybridized carbons (Fsp3) is 0.647. The lowest BCUT2D eigenvalue weighted by atomic mass is 9.66. The van der Waals surface area contributed by atoms with E-state index in [0.29, 0.717) is 28.7 Å². The molecule has 116 valence electrons. The highest BCUT2D eigenvalue weighted by atomic mass is 32.2. The van der Waals surface area contributed by atoms with Crippen molar-refractivity contribution in [3.05, 3.63) is 29.8 Å². The van der Waals surface area contributed by atoms with Crippen molar-refractivity contribution in [3.8, 4) is 0 Å². The summed E-state index contributed by atoms with van der Waals surface area (Å²) in [5, 5.41) is 11.3. The molecule has 0 spiro atoms. The third-order valence-electron chi connectivity index (χ3n) is 5.71. The van der Waals surface area contributed by atoms with Gasteiger partial charge in [-0.2, -0.15) is 0 Å². The summed E-state index contributed by atoms with van der Waals surface area (Å²) in [6.45, 7) is 4.51. The molecule has 0 amide bonds. The van der Waals surface area contributed by atoms with Gasteiger partial charge < -0.3 is 5.11 Å². The molecule has 1 aliphatic heterocycles. The molecule has 4 heteroatoms. The molecule has 3 nitrogen and oxygen atoms in total. The van der Waals surface area contributed by atoms with Crippen molar-refractivity contribution in [1.82, 2.24) is 0 Å². The summed E-state index contributed by atoms with van der Waals surface area (Å²) < 4.78 is 24.5. The van der Waals surface area contributed by atoms with Gasteiger partial charge in [-0.25, -0.2) is 8.42 Å². The molecule has 1 aliphatic carbocycles. The molecule has 2 aliphatic rings. The average molecular weight is 308 g/mol. The zero-order valence-electron chi connectivity index (χ0n) is 12.7. The normalized spacial score (nSPS) is 38.7. The lowest BCUT2D eigenvalue weighted by Crippen LogP contribution is -2.44. The Morgan fingerprint density at radius 2 is 1.86 bits per heavy atom. The van der Waals surface area contributed by atoms with Gasteiger partial charge in [-0.3, -0.25) is 0 Å². The van der Waals surface area contributed by atoms with Crippen molar-refractivity contribution in [2.45, 2.75) is 50.0 Å². The molecule has 1 saturated carbocycles. The second-order valence-corrected chi connectivity index (χ2v) is 9.03. The number of sulfone groups is 1. The van der Waals surface area contributed by atoms with E-state index in [1.54, 1.807) is 18.2 Å². The van der Waals surface area contributed by atoms with Crippen LogP contribution in [0.3, 0.4) is 0 Å². The molecule has 0 saturated heterocycles. The summed E-state index contributed by atoms with van der Waals surface area (Å²) in [5.41, 5.74) is -0.348. The highest BCUT2D eigenvalue weighted by Crippen LogP contribution is 2.48. The highest BCUT2D eigenvalue weighted by molar-refractivity contribution is 7.91. The molecule has 21 heavy (non-hydrogen) atoms. The molecule has 4 atom stereocenters. The van der Waals surface area contributed by atoms with E-state index >= 15 is 0 Å². The molecule has 0 aromatic heterocycles. The van der Waals surface area contributed by atoms with Gasteiger partial charge in [0.25, 0.3) is 0 Å². The van der Waals surface area contributed by atoms with Crippen LogP contribution in [0.5, 0.6) is 0 Å². The third-order valence-corrected chi connectivity index (χ3v) is 7.48. The maximum absolute atomic E-state index is 12.2. The van der Waals surface area contributed by atoms with Crippen LogP contribution < -0.4 is 0 Å². The van der Waals surface area contributed by atoms with Crippen molar-refractivity contribution >= 4 is 9.84 Å². The molecule has 4 unspecified atom stereocenters. The van der Waals surface area contributed by atoms with Gasteiger partial charge >= 0.3 is 0 Å². The van der Waals surface area contributed by atoms with Crippen molar-refractivity contribution in [1.29, 1.82) is 0 Å². The molecule has 1 heterocycles. The van der Waals surface area contributed by atoms with Crippen LogP contribution in [-0.4, -0.2) is 19.3 Å². The minimum atomic E-state index is -3.24. The minimum Gasteiger partial charge on any atom is -0.385 e. The zero-order valence-corrected chi connectivity index (χ0v) is 13.6. The van der Waals surface area contributed by atoms with E-state index in [0.717, 1.165) is 19.3 Å². The second-order valence-electron chi connectivity index (χ2n) is 6.95. The van der Waals surface area contributed by atoms with E-state index in [9.17, 15) is 13.5 Å². The van der Waals surface area contributed by atoms with Gasteiger partial charge in [-0.1, -0.05) is 38.5 Å². The summed E-state index contributed by atoms with van der Waals surface area (Å²) >= 11 is 0. The van der Waals surface area contributed by atoms with E-state index in [1.165, 1.54) is 0 Å². The Kier molecular flexibility index (Phi) is 3.65. The minimum absolute atomic E-state index is 0.0565. The monoisotopic (exact) mass is 308 g/mol. The first-order valence-electron chi connectivity index (χ1n) is 7.89. The van der Waals surface area contributed by atoms with Crippen molar-refractivity contribution in [2.24, 2.45) is 17.8 Å². The van der Waals surface area contributed by atoms with Crippen molar-refractivity contribution in [3.63, 3.8) is 0 Å². The SMILES string of the molecule is CC1CCC(C2(O)CCS(=O)(=O)c3ccccc32)CC1C. The van der Waals surface area contributed by atoms with Crippen LogP contribution in [0.2, 0.25) is 0 Å². The number of fused-ring (bicyclic) bond motifs is 1. The van der Waals surface area contributed by atoms with Crippen molar-refractivity contribution < 1.29 is 13.5 Å². The first-order valence-corrected chi connectivity index (χ1v) is 9.54. The lowest BCUT2D eigenvalue weighted by molar-refractivity contribution is -0.0590. The van der Waals surface area contributed by atoms with Gasteiger partial charge in [0, 0.05) is 5.56 Å². The van der Waals surface area contributed by atoms with E-state index in [4.69, 9.17) is 0 Å². The van der Waals surface area contributed by atoms with Gasteiger partial charge in [-0.15, -0.1) is 0 Å².